The summed E-state index contributed by atoms with van der Waals surface area (Å²) in [4.78, 5) is 43.6. The first kappa shape index (κ1) is 23.7. The first-order chi connectivity index (χ1) is 16.3. The van der Waals surface area contributed by atoms with Crippen LogP contribution in [0.4, 0.5) is 11.4 Å². The van der Waals surface area contributed by atoms with Crippen molar-refractivity contribution < 1.29 is 14.3 Å². The molecule has 2 aromatic carbocycles. The lowest BCUT2D eigenvalue weighted by atomic mass is 10.2. The molecule has 11 heteroatoms. The minimum atomic E-state index is -0.477. The van der Waals surface area contributed by atoms with Crippen molar-refractivity contribution in [3.05, 3.63) is 79.6 Å². The number of nitrogens with zero attached hydrogens (tertiary/aromatic N) is 2. The van der Waals surface area contributed by atoms with Gasteiger partial charge in [0.05, 0.1) is 40.1 Å². The zero-order valence-electron chi connectivity index (χ0n) is 18.0. The Morgan fingerprint density at radius 3 is 2.65 bits per heavy atom. The van der Waals surface area contributed by atoms with Gasteiger partial charge in [-0.05, 0) is 42.8 Å². The van der Waals surface area contributed by atoms with Gasteiger partial charge in [0.25, 0.3) is 11.5 Å². The quantitative estimate of drug-likeness (QED) is 0.376. The van der Waals surface area contributed by atoms with Gasteiger partial charge in [-0.2, -0.15) is 0 Å². The van der Waals surface area contributed by atoms with Gasteiger partial charge in [0.2, 0.25) is 5.91 Å². The van der Waals surface area contributed by atoms with E-state index < -0.39 is 11.5 Å². The van der Waals surface area contributed by atoms with Crippen LogP contribution < -0.4 is 20.9 Å². The molecule has 0 fully saturated rings. The van der Waals surface area contributed by atoms with Gasteiger partial charge in [-0.25, -0.2) is 4.98 Å². The maximum Gasteiger partial charge on any atom is 0.266 e. The number of halogens is 2. The van der Waals surface area contributed by atoms with Crippen molar-refractivity contribution in [3.63, 3.8) is 0 Å². The van der Waals surface area contributed by atoms with Crippen molar-refractivity contribution in [2.75, 3.05) is 17.7 Å². The van der Waals surface area contributed by atoms with Crippen LogP contribution in [0.5, 0.6) is 5.75 Å². The van der Waals surface area contributed by atoms with E-state index in [0.717, 1.165) is 11.3 Å². The summed E-state index contributed by atoms with van der Waals surface area (Å²) < 4.78 is 6.45. The van der Waals surface area contributed by atoms with Crippen molar-refractivity contribution in [1.82, 2.24) is 9.55 Å². The highest BCUT2D eigenvalue weighted by Crippen LogP contribution is 2.30. The Balaban J connectivity index is 1.60. The van der Waals surface area contributed by atoms with Gasteiger partial charge in [-0.15, -0.1) is 11.3 Å². The van der Waals surface area contributed by atoms with E-state index in [2.05, 4.69) is 15.6 Å². The van der Waals surface area contributed by atoms with E-state index in [4.69, 9.17) is 27.9 Å². The highest BCUT2D eigenvalue weighted by atomic mass is 35.5. The second-order valence-corrected chi connectivity index (χ2v) is 9.08. The van der Waals surface area contributed by atoms with E-state index in [0.29, 0.717) is 42.4 Å². The van der Waals surface area contributed by atoms with E-state index >= 15 is 0 Å². The predicted octanol–water partition coefficient (Wildman–Crippen LogP) is 4.97. The van der Waals surface area contributed by atoms with Gasteiger partial charge in [0.1, 0.15) is 17.1 Å². The molecule has 4 rings (SSSR count). The molecular weight excluding hydrogens is 499 g/mol. The molecule has 4 aromatic rings. The maximum absolute atomic E-state index is 13.1. The number of methoxy groups -OCH3 is 1. The summed E-state index contributed by atoms with van der Waals surface area (Å²) in [6.07, 6.45) is 1.28. The Kier molecular flexibility index (Phi) is 6.87. The van der Waals surface area contributed by atoms with E-state index in [1.807, 2.05) is 0 Å². The lowest BCUT2D eigenvalue weighted by Crippen LogP contribution is -2.28. The number of aromatic nitrogens is 2. The molecule has 0 bridgehead atoms. The van der Waals surface area contributed by atoms with E-state index in [1.165, 1.54) is 24.1 Å². The zero-order chi connectivity index (χ0) is 24.4. The summed E-state index contributed by atoms with van der Waals surface area (Å²) in [5, 5.41) is 6.45. The van der Waals surface area contributed by atoms with Gasteiger partial charge < -0.3 is 15.4 Å². The first-order valence-electron chi connectivity index (χ1n) is 9.96. The third kappa shape index (κ3) is 4.77. The number of nitrogens with one attached hydrogen (secondary N) is 2. The fourth-order valence-electron chi connectivity index (χ4n) is 3.35. The molecule has 0 aliphatic rings. The molecule has 0 saturated carbocycles. The standard InChI is InChI=1S/C23H18Cl2N4O4S/c1-12-19-22(34-20(12)21(31)28-15-5-3-4-6-17(15)33-2)26-11-29(23(19)32)10-18(30)27-16-9-13(24)7-8-14(16)25/h3-9,11H,10H2,1-2H3,(H,27,30)(H,28,31). The minimum Gasteiger partial charge on any atom is -0.495 e. The summed E-state index contributed by atoms with van der Waals surface area (Å²) in [6.45, 7) is 1.39. The Hall–Kier alpha value is -3.40. The number of anilines is 2. The summed E-state index contributed by atoms with van der Waals surface area (Å²) in [6, 6.07) is 11.7. The number of carbonyl (C=O) groups is 2. The van der Waals surface area contributed by atoms with E-state index in [9.17, 15) is 14.4 Å². The van der Waals surface area contributed by atoms with Crippen molar-refractivity contribution in [3.8, 4) is 5.75 Å². The lowest BCUT2D eigenvalue weighted by Gasteiger charge is -2.09. The molecule has 2 N–H and O–H groups in total. The number of fused-ring (bicyclic) bond motifs is 1. The first-order valence-corrected chi connectivity index (χ1v) is 11.5. The molecule has 0 saturated heterocycles. The van der Waals surface area contributed by atoms with Gasteiger partial charge in [-0.1, -0.05) is 35.3 Å². The van der Waals surface area contributed by atoms with Crippen molar-refractivity contribution in [1.29, 1.82) is 0 Å². The number of hydrogen-bond acceptors (Lipinski definition) is 6. The van der Waals surface area contributed by atoms with E-state index in [1.54, 1.807) is 43.3 Å². The smallest absolute Gasteiger partial charge is 0.266 e. The second-order valence-electron chi connectivity index (χ2n) is 7.24. The molecule has 174 valence electrons. The van der Waals surface area contributed by atoms with Crippen LogP contribution in [0.15, 0.2) is 53.6 Å². The lowest BCUT2D eigenvalue weighted by molar-refractivity contribution is -0.116. The monoisotopic (exact) mass is 516 g/mol. The normalized spacial score (nSPS) is 10.8. The third-order valence-corrected chi connectivity index (χ3v) is 6.76. The molecule has 0 spiro atoms. The van der Waals surface area contributed by atoms with Crippen LogP contribution in [0, 0.1) is 6.92 Å². The SMILES string of the molecule is COc1ccccc1NC(=O)c1sc2ncn(CC(=O)Nc3cc(Cl)ccc3Cl)c(=O)c2c1C. The van der Waals surface area contributed by atoms with Crippen molar-refractivity contribution in [2.24, 2.45) is 0 Å². The summed E-state index contributed by atoms with van der Waals surface area (Å²) in [5.41, 5.74) is 0.900. The molecule has 0 aliphatic carbocycles. The highest BCUT2D eigenvalue weighted by Gasteiger charge is 2.21. The number of carbonyl (C=O) groups excluding carboxylic acids is 2. The molecule has 34 heavy (non-hydrogen) atoms. The Morgan fingerprint density at radius 2 is 1.88 bits per heavy atom. The van der Waals surface area contributed by atoms with Crippen LogP contribution in [0.2, 0.25) is 10.0 Å². The number of ether oxygens (including phenoxy) is 1. The van der Waals surface area contributed by atoms with Gasteiger partial charge >= 0.3 is 0 Å². The average Bonchev–Trinajstić information content (AvgIpc) is 3.15. The number of hydrogen-bond donors (Lipinski definition) is 2. The summed E-state index contributed by atoms with van der Waals surface area (Å²) >= 11 is 13.1. The van der Waals surface area contributed by atoms with Gasteiger partial charge in [0.15, 0.2) is 0 Å². The average molecular weight is 517 g/mol. The molecule has 0 radical (unpaired) electrons. The van der Waals surface area contributed by atoms with E-state index in [-0.39, 0.29) is 17.8 Å². The highest BCUT2D eigenvalue weighted by molar-refractivity contribution is 7.20. The Bertz CT molecular complexity index is 1480. The molecular formula is C23H18Cl2N4O4S. The molecule has 2 aromatic heterocycles. The van der Waals surface area contributed by atoms with Crippen LogP contribution in [0.25, 0.3) is 10.2 Å². The summed E-state index contributed by atoms with van der Waals surface area (Å²) in [5.74, 6) is -0.348. The molecule has 0 unspecified atom stereocenters. The van der Waals surface area contributed by atoms with Crippen LogP contribution in [-0.4, -0.2) is 28.5 Å². The second kappa shape index (κ2) is 9.84. The number of rotatable bonds is 6. The fraction of sp³-hybridized carbons (Fsp3) is 0.130. The zero-order valence-corrected chi connectivity index (χ0v) is 20.3. The van der Waals surface area contributed by atoms with Crippen LogP contribution in [0.3, 0.4) is 0 Å². The number of aryl methyl sites for hydroxylation is 1. The predicted molar refractivity (Wildman–Crippen MR) is 135 cm³/mol. The van der Waals surface area contributed by atoms with Gasteiger partial charge in [0, 0.05) is 5.02 Å². The van der Waals surface area contributed by atoms with Crippen LogP contribution in [0.1, 0.15) is 15.2 Å². The number of benzene rings is 2. The van der Waals surface area contributed by atoms with Crippen LogP contribution in [-0.2, 0) is 11.3 Å². The largest absolute Gasteiger partial charge is 0.495 e. The molecule has 0 atom stereocenters. The summed E-state index contributed by atoms with van der Waals surface area (Å²) in [7, 11) is 1.51. The van der Waals surface area contributed by atoms with Crippen molar-refractivity contribution in [2.45, 2.75) is 13.5 Å². The van der Waals surface area contributed by atoms with Crippen molar-refractivity contribution >= 4 is 67.9 Å². The number of amides is 2. The number of thiophene rings is 1. The molecule has 0 aliphatic heterocycles. The molecule has 8 nitrogen and oxygen atoms in total. The van der Waals surface area contributed by atoms with Gasteiger partial charge in [-0.3, -0.25) is 19.0 Å². The third-order valence-electron chi connectivity index (χ3n) is 5.00. The fourth-order valence-corrected chi connectivity index (χ4v) is 4.72. The molecule has 2 heterocycles. The maximum atomic E-state index is 13.1. The Labute approximate surface area is 208 Å². The topological polar surface area (TPSA) is 102 Å². The minimum absolute atomic E-state index is 0.284. The Morgan fingerprint density at radius 1 is 1.12 bits per heavy atom. The number of para-hydroxylation sites is 2. The molecule has 2 amide bonds. The van der Waals surface area contributed by atoms with Crippen LogP contribution >= 0.6 is 34.5 Å².